The van der Waals surface area contributed by atoms with E-state index in [1.54, 1.807) is 0 Å². The van der Waals surface area contributed by atoms with Crippen molar-refractivity contribution >= 4 is 34.8 Å². The number of ketones is 2. The van der Waals surface area contributed by atoms with Crippen molar-refractivity contribution in [3.8, 4) is 5.75 Å². The second kappa shape index (κ2) is 8.26. The summed E-state index contributed by atoms with van der Waals surface area (Å²) in [5.41, 5.74) is -5.56. The number of nitrogens with zero attached hydrogens (tertiary/aromatic N) is 1. The molecule has 7 unspecified atom stereocenters. The van der Waals surface area contributed by atoms with Crippen LogP contribution in [-0.4, -0.2) is 91.6 Å². The van der Waals surface area contributed by atoms with Crippen molar-refractivity contribution < 1.29 is 45.0 Å². The predicted octanol–water partition coefficient (Wildman–Crippen LogP) is -0.972. The van der Waals surface area contributed by atoms with E-state index in [1.165, 1.54) is 38.1 Å². The molecule has 0 aliphatic heterocycles. The van der Waals surface area contributed by atoms with Crippen LogP contribution < -0.4 is 5.32 Å². The highest BCUT2D eigenvalue weighted by Gasteiger charge is 2.69. The standard InChI is InChI=1S/C23H27ClN2O9/c1-22(34)8-6-9-16(26(2)3)18(30)14(21(33)25-7-27)20(32)23(9,35)19(31)12(8)17(29)13-11(28)5-4-10(24)15(13)22/h4-5,8-9,14,16,18,27-30,34-35H,6-7H2,1-3H3,(H,25,33). The van der Waals surface area contributed by atoms with Gasteiger partial charge in [0.05, 0.1) is 17.3 Å². The summed E-state index contributed by atoms with van der Waals surface area (Å²) in [6, 6.07) is 1.39. The van der Waals surface area contributed by atoms with Gasteiger partial charge in [-0.1, -0.05) is 11.6 Å². The highest BCUT2D eigenvalue weighted by Crippen LogP contribution is 2.58. The summed E-state index contributed by atoms with van der Waals surface area (Å²) in [5.74, 6) is -9.18. The maximum absolute atomic E-state index is 13.8. The molecule has 35 heavy (non-hydrogen) atoms. The number of aromatic hydroxyl groups is 1. The van der Waals surface area contributed by atoms with E-state index >= 15 is 0 Å². The number of halogens is 1. The van der Waals surface area contributed by atoms with Crippen molar-refractivity contribution in [2.45, 2.75) is 36.7 Å². The minimum absolute atomic E-state index is 0.0198. The Kier molecular flexibility index (Phi) is 6.03. The molecule has 1 aromatic carbocycles. The molecule has 0 aromatic heterocycles. The van der Waals surface area contributed by atoms with Crippen LogP contribution in [0.3, 0.4) is 0 Å². The highest BCUT2D eigenvalue weighted by molar-refractivity contribution is 6.32. The van der Waals surface area contributed by atoms with Crippen molar-refractivity contribution in [3.63, 3.8) is 0 Å². The Hall–Kier alpha value is -2.54. The molecule has 190 valence electrons. The summed E-state index contributed by atoms with van der Waals surface area (Å²) in [5, 5.41) is 66.9. The third-order valence-electron chi connectivity index (χ3n) is 7.67. The van der Waals surface area contributed by atoms with Gasteiger partial charge in [0.1, 0.15) is 24.2 Å². The third-order valence-corrected chi connectivity index (χ3v) is 7.98. The van der Waals surface area contributed by atoms with Crippen LogP contribution in [0.2, 0.25) is 5.02 Å². The van der Waals surface area contributed by atoms with E-state index in [4.69, 9.17) is 16.7 Å². The van der Waals surface area contributed by atoms with Gasteiger partial charge in [0.15, 0.2) is 11.4 Å². The number of aliphatic hydroxyl groups is 5. The topological polar surface area (TPSA) is 188 Å². The largest absolute Gasteiger partial charge is 0.507 e. The zero-order chi connectivity index (χ0) is 26.2. The number of aliphatic hydroxyl groups excluding tert-OH is 3. The summed E-state index contributed by atoms with van der Waals surface area (Å²) < 4.78 is 0. The first kappa shape index (κ1) is 25.5. The zero-order valence-corrected chi connectivity index (χ0v) is 19.9. The molecule has 0 spiro atoms. The molecule has 4 rings (SSSR count). The number of likely N-dealkylation sites (N-methyl/N-ethyl adjacent to an activating group) is 1. The van der Waals surface area contributed by atoms with Crippen molar-refractivity contribution in [2.24, 2.45) is 17.8 Å². The molecule has 7 atom stereocenters. The molecule has 2 saturated carbocycles. The summed E-state index contributed by atoms with van der Waals surface area (Å²) >= 11 is 6.30. The lowest BCUT2D eigenvalue weighted by molar-refractivity contribution is -0.188. The Balaban J connectivity index is 1.98. The molecule has 1 aromatic rings. The highest BCUT2D eigenvalue weighted by atomic mass is 35.5. The quantitative estimate of drug-likeness (QED) is 0.197. The number of amides is 1. The molecule has 1 amide bonds. The van der Waals surface area contributed by atoms with E-state index in [9.17, 15) is 39.9 Å². The molecule has 0 heterocycles. The number of phenols is 1. The first-order chi connectivity index (χ1) is 16.2. The van der Waals surface area contributed by atoms with Crippen molar-refractivity contribution in [2.75, 3.05) is 20.8 Å². The van der Waals surface area contributed by atoms with Crippen LogP contribution in [-0.2, 0) is 20.0 Å². The number of hydrogen-bond donors (Lipinski definition) is 7. The Labute approximate surface area is 205 Å². The fraction of sp³-hybridized carbons (Fsp3) is 0.522. The summed E-state index contributed by atoms with van der Waals surface area (Å²) in [4.78, 5) is 41.3. The van der Waals surface area contributed by atoms with Gasteiger partial charge in [-0.05, 0) is 39.6 Å². The lowest BCUT2D eigenvalue weighted by Crippen LogP contribution is -2.74. The number of carbonyl (C=O) groups is 3. The zero-order valence-electron chi connectivity index (χ0n) is 19.2. The number of nitrogens with one attached hydrogen (secondary N) is 1. The Morgan fingerprint density at radius 1 is 1.23 bits per heavy atom. The fourth-order valence-corrected chi connectivity index (χ4v) is 6.45. The average Bonchev–Trinajstić information content (AvgIpc) is 2.76. The number of hydrogen-bond acceptors (Lipinski definition) is 10. The average molecular weight is 511 g/mol. The maximum Gasteiger partial charge on any atom is 0.235 e. The number of carbonyl (C=O) groups excluding carboxylic acids is 3. The van der Waals surface area contributed by atoms with Gasteiger partial charge >= 0.3 is 0 Å². The van der Waals surface area contributed by atoms with Gasteiger partial charge in [0.25, 0.3) is 0 Å². The van der Waals surface area contributed by atoms with Crippen LogP contribution in [0.15, 0.2) is 17.7 Å². The van der Waals surface area contributed by atoms with Gasteiger partial charge in [-0.25, -0.2) is 0 Å². The molecule has 7 N–H and O–H groups in total. The van der Waals surface area contributed by atoms with E-state index in [1.807, 2.05) is 5.32 Å². The maximum atomic E-state index is 13.8. The minimum atomic E-state index is -2.84. The second-order valence-electron chi connectivity index (χ2n) is 9.70. The molecule has 3 aliphatic carbocycles. The Morgan fingerprint density at radius 3 is 2.43 bits per heavy atom. The van der Waals surface area contributed by atoms with Crippen molar-refractivity contribution in [1.29, 1.82) is 0 Å². The third kappa shape index (κ3) is 3.26. The van der Waals surface area contributed by atoms with Crippen molar-refractivity contribution in [1.82, 2.24) is 10.2 Å². The van der Waals surface area contributed by atoms with E-state index in [0.29, 0.717) is 0 Å². The molecule has 12 heteroatoms. The number of phenolic OH excluding ortho intramolecular Hbond substituents is 1. The lowest BCUT2D eigenvalue weighted by atomic mass is 9.52. The van der Waals surface area contributed by atoms with E-state index in [2.05, 4.69) is 0 Å². The number of fused-ring (bicyclic) bond motifs is 3. The lowest BCUT2D eigenvalue weighted by Gasteiger charge is -2.55. The monoisotopic (exact) mass is 510 g/mol. The van der Waals surface area contributed by atoms with Crippen LogP contribution in [0.25, 0.3) is 5.76 Å². The predicted molar refractivity (Wildman–Crippen MR) is 121 cm³/mol. The first-order valence-electron chi connectivity index (χ1n) is 10.9. The van der Waals surface area contributed by atoms with Gasteiger partial charge in [-0.15, -0.1) is 0 Å². The Bertz CT molecular complexity index is 1160. The van der Waals surface area contributed by atoms with Crippen LogP contribution >= 0.6 is 11.6 Å². The molecule has 2 fully saturated rings. The summed E-state index contributed by atoms with van der Waals surface area (Å²) in [7, 11) is 3.06. The van der Waals surface area contributed by atoms with E-state index in [-0.39, 0.29) is 22.6 Å². The molecular formula is C23H27ClN2O9. The smallest absolute Gasteiger partial charge is 0.235 e. The van der Waals surface area contributed by atoms with Crippen molar-refractivity contribution in [3.05, 3.63) is 33.9 Å². The Morgan fingerprint density at radius 2 is 1.86 bits per heavy atom. The van der Waals surface area contributed by atoms with Gasteiger partial charge in [0.2, 0.25) is 11.7 Å². The van der Waals surface area contributed by atoms with Crippen LogP contribution in [0.5, 0.6) is 5.75 Å². The molecule has 0 bridgehead atoms. The number of benzene rings is 1. The molecule has 0 saturated heterocycles. The van der Waals surface area contributed by atoms with E-state index < -0.39 is 82.4 Å². The van der Waals surface area contributed by atoms with E-state index in [0.717, 1.165) is 0 Å². The van der Waals surface area contributed by atoms with Crippen LogP contribution in [0, 0.1) is 17.8 Å². The summed E-state index contributed by atoms with van der Waals surface area (Å²) in [6.45, 7) is 0.501. The molecule has 0 radical (unpaired) electrons. The van der Waals surface area contributed by atoms with Crippen LogP contribution in [0.1, 0.15) is 24.5 Å². The normalized spacial score (nSPS) is 36.5. The van der Waals surface area contributed by atoms with Gasteiger partial charge in [-0.3, -0.25) is 14.4 Å². The molecular weight excluding hydrogens is 484 g/mol. The molecule has 11 nitrogen and oxygen atoms in total. The summed E-state index contributed by atoms with van der Waals surface area (Å²) in [6.07, 6.45) is -1.91. The number of rotatable bonds is 3. The second-order valence-corrected chi connectivity index (χ2v) is 10.1. The fourth-order valence-electron chi connectivity index (χ4n) is 6.10. The van der Waals surface area contributed by atoms with Gasteiger partial charge in [-0.2, -0.15) is 0 Å². The first-order valence-corrected chi connectivity index (χ1v) is 11.3. The molecule has 3 aliphatic rings. The number of Topliss-reactive ketones (excluding diaryl/α,β-unsaturated/α-hetero) is 2. The minimum Gasteiger partial charge on any atom is -0.507 e. The SMILES string of the molecule is CN(C)C1C(O)C(C(=O)NCO)C(=O)C2(O)C(=O)C3=C(O)c4c(O)ccc(Cl)c4C(C)(O)C3CC12. The van der Waals surface area contributed by atoms with Gasteiger partial charge in [0, 0.05) is 34.0 Å². The van der Waals surface area contributed by atoms with Gasteiger partial charge < -0.3 is 40.9 Å². The van der Waals surface area contributed by atoms with Crippen LogP contribution in [0.4, 0.5) is 0 Å².